The normalized spacial score (nSPS) is 12.3. The first-order valence-corrected chi connectivity index (χ1v) is 10.2. The van der Waals surface area contributed by atoms with Crippen LogP contribution in [0.5, 0.6) is 0 Å². The largest absolute Gasteiger partial charge is 0.329 e. The van der Waals surface area contributed by atoms with Crippen molar-refractivity contribution in [2.75, 3.05) is 16.3 Å². The van der Waals surface area contributed by atoms with Gasteiger partial charge in [-0.2, -0.15) is 0 Å². The first-order valence-electron chi connectivity index (χ1n) is 8.27. The summed E-state index contributed by atoms with van der Waals surface area (Å²) in [7, 11) is -3.39. The van der Waals surface area contributed by atoms with Crippen molar-refractivity contribution in [2.24, 2.45) is 0 Å². The molecule has 2 rings (SSSR count). The number of sulfonamides is 1. The molecule has 0 saturated heterocycles. The number of carbonyl (C=O) groups excluding carboxylic acids is 1. The fourth-order valence-corrected chi connectivity index (χ4v) is 3.13. The maximum Gasteiger partial charge on any atom is 0.319 e. The standard InChI is InChI=1S/C18H24N4O3S/c1-5-15(17-13(3)7-6-10-19-17)20-18(23)21-16-11-14(9-8-12(16)2)22-26(4,24)25/h6-11,15,22H,5H2,1-4H3,(H2,20,21,23)/t15-/m0/s1. The molecule has 2 aromatic rings. The van der Waals surface area contributed by atoms with Crippen LogP contribution in [-0.2, 0) is 10.0 Å². The summed E-state index contributed by atoms with van der Waals surface area (Å²) in [5.74, 6) is 0. The Kier molecular flexibility index (Phi) is 6.20. The highest BCUT2D eigenvalue weighted by atomic mass is 32.2. The van der Waals surface area contributed by atoms with Crippen LogP contribution in [0.4, 0.5) is 16.2 Å². The first kappa shape index (κ1) is 19.7. The molecule has 1 heterocycles. The fraction of sp³-hybridized carbons (Fsp3) is 0.333. The highest BCUT2D eigenvalue weighted by Crippen LogP contribution is 2.22. The quantitative estimate of drug-likeness (QED) is 0.720. The molecular weight excluding hydrogens is 352 g/mol. The lowest BCUT2D eigenvalue weighted by Gasteiger charge is -2.19. The molecular formula is C18H24N4O3S. The Morgan fingerprint density at radius 2 is 1.92 bits per heavy atom. The maximum atomic E-state index is 12.4. The molecule has 2 amide bonds. The second kappa shape index (κ2) is 8.18. The minimum absolute atomic E-state index is 0.214. The molecule has 1 aromatic heterocycles. The van der Waals surface area contributed by atoms with Gasteiger partial charge in [-0.25, -0.2) is 13.2 Å². The lowest BCUT2D eigenvalue weighted by molar-refractivity contribution is 0.248. The number of benzene rings is 1. The number of anilines is 2. The number of hydrogen-bond donors (Lipinski definition) is 3. The number of nitrogens with zero attached hydrogens (tertiary/aromatic N) is 1. The molecule has 140 valence electrons. The van der Waals surface area contributed by atoms with Crippen molar-refractivity contribution in [1.82, 2.24) is 10.3 Å². The second-order valence-electron chi connectivity index (χ2n) is 6.17. The average Bonchev–Trinajstić information content (AvgIpc) is 2.55. The summed E-state index contributed by atoms with van der Waals surface area (Å²) in [6.45, 7) is 5.76. The summed E-state index contributed by atoms with van der Waals surface area (Å²) in [6.07, 6.45) is 3.47. The number of pyridine rings is 1. The molecule has 26 heavy (non-hydrogen) atoms. The van der Waals surface area contributed by atoms with Crippen molar-refractivity contribution in [2.45, 2.75) is 33.2 Å². The molecule has 0 aliphatic rings. The van der Waals surface area contributed by atoms with E-state index in [1.165, 1.54) is 0 Å². The van der Waals surface area contributed by atoms with Crippen LogP contribution in [-0.4, -0.2) is 25.7 Å². The van der Waals surface area contributed by atoms with Gasteiger partial charge in [-0.3, -0.25) is 9.71 Å². The average molecular weight is 376 g/mol. The van der Waals surface area contributed by atoms with Crippen LogP contribution < -0.4 is 15.4 Å². The van der Waals surface area contributed by atoms with Crippen molar-refractivity contribution in [3.63, 3.8) is 0 Å². The second-order valence-corrected chi connectivity index (χ2v) is 7.92. The van der Waals surface area contributed by atoms with E-state index in [9.17, 15) is 13.2 Å². The van der Waals surface area contributed by atoms with E-state index >= 15 is 0 Å². The summed E-state index contributed by atoms with van der Waals surface area (Å²) in [4.78, 5) is 16.8. The summed E-state index contributed by atoms with van der Waals surface area (Å²) in [5, 5.41) is 5.69. The minimum atomic E-state index is -3.39. The summed E-state index contributed by atoms with van der Waals surface area (Å²) in [5.41, 5.74) is 3.58. The van der Waals surface area contributed by atoms with Gasteiger partial charge < -0.3 is 10.6 Å². The van der Waals surface area contributed by atoms with E-state index in [2.05, 4.69) is 20.3 Å². The highest BCUT2D eigenvalue weighted by molar-refractivity contribution is 7.92. The molecule has 0 unspecified atom stereocenters. The van der Waals surface area contributed by atoms with Gasteiger partial charge in [0.1, 0.15) is 0 Å². The van der Waals surface area contributed by atoms with E-state index in [1.807, 2.05) is 32.9 Å². The molecule has 8 heteroatoms. The summed E-state index contributed by atoms with van der Waals surface area (Å²) in [6, 6.07) is 8.19. The van der Waals surface area contributed by atoms with Gasteiger partial charge in [0, 0.05) is 11.9 Å². The zero-order chi connectivity index (χ0) is 19.3. The molecule has 0 spiro atoms. The van der Waals surface area contributed by atoms with Gasteiger partial charge in [0.05, 0.1) is 23.7 Å². The number of aromatic nitrogens is 1. The van der Waals surface area contributed by atoms with E-state index in [0.717, 1.165) is 23.1 Å². The Balaban J connectivity index is 2.14. The third-order valence-corrected chi connectivity index (χ3v) is 4.49. The van der Waals surface area contributed by atoms with Crippen LogP contribution in [0.15, 0.2) is 36.5 Å². The number of carbonyl (C=O) groups is 1. The van der Waals surface area contributed by atoms with E-state index in [-0.39, 0.29) is 12.1 Å². The van der Waals surface area contributed by atoms with Crippen LogP contribution in [0.3, 0.4) is 0 Å². The minimum Gasteiger partial charge on any atom is -0.329 e. The Bertz CT molecular complexity index is 897. The fourth-order valence-electron chi connectivity index (χ4n) is 2.58. The van der Waals surface area contributed by atoms with Crippen LogP contribution in [0.25, 0.3) is 0 Å². The Morgan fingerprint density at radius 3 is 2.54 bits per heavy atom. The number of rotatable bonds is 6. The SMILES string of the molecule is CC[C@H](NC(=O)Nc1cc(NS(C)(=O)=O)ccc1C)c1ncccc1C. The molecule has 7 nitrogen and oxygen atoms in total. The highest BCUT2D eigenvalue weighted by Gasteiger charge is 2.16. The first-order chi connectivity index (χ1) is 12.2. The molecule has 1 aromatic carbocycles. The number of amides is 2. The molecule has 0 radical (unpaired) electrons. The van der Waals surface area contributed by atoms with Crippen molar-refractivity contribution >= 4 is 27.4 Å². The predicted molar refractivity (Wildman–Crippen MR) is 104 cm³/mol. The zero-order valence-electron chi connectivity index (χ0n) is 15.3. The van der Waals surface area contributed by atoms with Crippen LogP contribution >= 0.6 is 0 Å². The van der Waals surface area contributed by atoms with Crippen LogP contribution in [0.2, 0.25) is 0 Å². The summed E-state index contributed by atoms with van der Waals surface area (Å²) < 4.78 is 25.1. The van der Waals surface area contributed by atoms with Crippen molar-refractivity contribution < 1.29 is 13.2 Å². The van der Waals surface area contributed by atoms with E-state index in [4.69, 9.17) is 0 Å². The third-order valence-electron chi connectivity index (χ3n) is 3.88. The van der Waals surface area contributed by atoms with Crippen LogP contribution in [0, 0.1) is 13.8 Å². The number of nitrogens with one attached hydrogen (secondary N) is 3. The molecule has 0 saturated carbocycles. The van der Waals surface area contributed by atoms with Gasteiger partial charge in [-0.1, -0.05) is 19.1 Å². The molecule has 0 bridgehead atoms. The lowest BCUT2D eigenvalue weighted by Crippen LogP contribution is -2.33. The smallest absolute Gasteiger partial charge is 0.319 e. The third kappa shape index (κ3) is 5.45. The van der Waals surface area contributed by atoms with E-state index in [0.29, 0.717) is 17.8 Å². The number of aryl methyl sites for hydroxylation is 2. The number of hydrogen-bond acceptors (Lipinski definition) is 4. The Morgan fingerprint density at radius 1 is 1.19 bits per heavy atom. The van der Waals surface area contributed by atoms with Gasteiger partial charge in [0.25, 0.3) is 0 Å². The van der Waals surface area contributed by atoms with E-state index < -0.39 is 10.0 Å². The van der Waals surface area contributed by atoms with Crippen LogP contribution in [0.1, 0.15) is 36.2 Å². The zero-order valence-corrected chi connectivity index (χ0v) is 16.1. The Labute approximate surface area is 154 Å². The molecule has 0 fully saturated rings. The summed E-state index contributed by atoms with van der Waals surface area (Å²) >= 11 is 0. The van der Waals surface area contributed by atoms with Gasteiger partial charge >= 0.3 is 6.03 Å². The Hall–Kier alpha value is -2.61. The van der Waals surface area contributed by atoms with Gasteiger partial charge in [-0.15, -0.1) is 0 Å². The van der Waals surface area contributed by atoms with Gasteiger partial charge in [0.2, 0.25) is 10.0 Å². The molecule has 1 atom stereocenters. The van der Waals surface area contributed by atoms with Gasteiger partial charge in [0.15, 0.2) is 0 Å². The molecule has 0 aliphatic carbocycles. The van der Waals surface area contributed by atoms with Crippen molar-refractivity contribution in [1.29, 1.82) is 0 Å². The topological polar surface area (TPSA) is 100 Å². The lowest BCUT2D eigenvalue weighted by atomic mass is 10.1. The molecule has 3 N–H and O–H groups in total. The van der Waals surface area contributed by atoms with Gasteiger partial charge in [-0.05, 0) is 49.6 Å². The monoisotopic (exact) mass is 376 g/mol. The predicted octanol–water partition coefficient (Wildman–Crippen LogP) is 3.34. The van der Waals surface area contributed by atoms with Crippen molar-refractivity contribution in [3.05, 3.63) is 53.3 Å². The van der Waals surface area contributed by atoms with E-state index in [1.54, 1.807) is 24.4 Å². The van der Waals surface area contributed by atoms with Crippen molar-refractivity contribution in [3.8, 4) is 0 Å². The number of urea groups is 1. The maximum absolute atomic E-state index is 12.4. The molecule has 0 aliphatic heterocycles.